The molecule has 1 N–H and O–H groups in total. The van der Waals surface area contributed by atoms with Crippen LogP contribution < -0.4 is 5.32 Å². The van der Waals surface area contributed by atoms with Gasteiger partial charge in [0.1, 0.15) is 12.4 Å². The summed E-state index contributed by atoms with van der Waals surface area (Å²) < 4.78 is 11.4. The van der Waals surface area contributed by atoms with E-state index in [1.54, 1.807) is 4.90 Å². The number of Topliss-reactive ketones (excluding diaryl/α,β-unsaturated/α-hetero) is 1. The fourth-order valence-corrected chi connectivity index (χ4v) is 5.84. The van der Waals surface area contributed by atoms with Gasteiger partial charge in [-0.25, -0.2) is 4.79 Å². The Bertz CT molecular complexity index is 684. The van der Waals surface area contributed by atoms with Crippen molar-refractivity contribution >= 4 is 26.8 Å². The monoisotopic (exact) mass is 438 g/mol. The van der Waals surface area contributed by atoms with E-state index < -0.39 is 14.6 Å². The van der Waals surface area contributed by atoms with Gasteiger partial charge in [0.05, 0.1) is 17.6 Å². The van der Waals surface area contributed by atoms with Gasteiger partial charge in [-0.2, -0.15) is 0 Å². The molecule has 30 heavy (non-hydrogen) atoms. The molecule has 170 valence electrons. The largest absolute Gasteiger partial charge is 0.445 e. The number of hydrogen-bond donors (Lipinski definition) is 1. The van der Waals surface area contributed by atoms with Crippen LogP contribution in [0.25, 0.3) is 0 Å². The highest BCUT2D eigenvalue weighted by Crippen LogP contribution is 2.46. The minimum Gasteiger partial charge on any atom is -0.445 e. The van der Waals surface area contributed by atoms with Crippen molar-refractivity contribution in [3.05, 3.63) is 12.7 Å². The predicted octanol–water partition coefficient (Wildman–Crippen LogP) is 2.76. The summed E-state index contributed by atoms with van der Waals surface area (Å²) in [4.78, 5) is 38.9. The van der Waals surface area contributed by atoms with Gasteiger partial charge in [0.15, 0.2) is 9.04 Å². The highest BCUT2D eigenvalue weighted by Gasteiger charge is 2.59. The van der Waals surface area contributed by atoms with Crippen LogP contribution in [0, 0.1) is 23.2 Å². The number of ether oxygens (including phenoxy) is 1. The van der Waals surface area contributed by atoms with Crippen LogP contribution in [0.15, 0.2) is 12.7 Å². The van der Waals surface area contributed by atoms with Gasteiger partial charge in [0.25, 0.3) is 0 Å². The van der Waals surface area contributed by atoms with Crippen molar-refractivity contribution in [2.45, 2.75) is 65.8 Å². The summed E-state index contributed by atoms with van der Waals surface area (Å²) in [5.41, 5.74) is -0.870. The zero-order chi connectivity index (χ0) is 22.9. The molecule has 0 aromatic heterocycles. The number of β-lactam (4-membered cyclic amide) rings is 1. The first-order valence-corrected chi connectivity index (χ1v) is 13.6. The number of carbonyl (C=O) groups is 3. The molecule has 2 aliphatic rings. The molecular formula is C22H38N2O5Si. The average Bonchev–Trinajstić information content (AvgIpc) is 2.57. The molecule has 0 radical (unpaired) electrons. The maximum Gasteiger partial charge on any atom is 0.410 e. The Hall–Kier alpha value is -1.67. The van der Waals surface area contributed by atoms with Gasteiger partial charge < -0.3 is 19.4 Å². The second-order valence-electron chi connectivity index (χ2n) is 10.1. The summed E-state index contributed by atoms with van der Waals surface area (Å²) in [6.07, 6.45) is 1.56. The summed E-state index contributed by atoms with van der Waals surface area (Å²) >= 11 is 0. The van der Waals surface area contributed by atoms with Gasteiger partial charge in [-0.15, -0.1) is 0 Å². The van der Waals surface area contributed by atoms with Gasteiger partial charge in [-0.3, -0.25) is 9.59 Å². The lowest BCUT2D eigenvalue weighted by molar-refractivity contribution is -0.163. The molecule has 0 spiro atoms. The first-order chi connectivity index (χ1) is 13.8. The van der Waals surface area contributed by atoms with Crippen molar-refractivity contribution in [1.82, 2.24) is 10.2 Å². The van der Waals surface area contributed by atoms with Crippen molar-refractivity contribution in [3.63, 3.8) is 0 Å². The lowest BCUT2D eigenvalue weighted by atomic mass is 9.62. The van der Waals surface area contributed by atoms with Crippen molar-refractivity contribution < 1.29 is 23.5 Å². The van der Waals surface area contributed by atoms with Crippen molar-refractivity contribution in [1.29, 1.82) is 0 Å². The van der Waals surface area contributed by atoms with Crippen LogP contribution in [-0.4, -0.2) is 63.1 Å². The Morgan fingerprint density at radius 3 is 2.37 bits per heavy atom. The first kappa shape index (κ1) is 24.6. The molecule has 7 nitrogen and oxygen atoms in total. The number of ketones is 1. The molecule has 1 unspecified atom stereocenters. The van der Waals surface area contributed by atoms with E-state index in [0.29, 0.717) is 19.5 Å². The minimum absolute atomic E-state index is 0.0356. The van der Waals surface area contributed by atoms with Crippen LogP contribution in [0.4, 0.5) is 4.79 Å². The van der Waals surface area contributed by atoms with Crippen LogP contribution in [0.2, 0.25) is 13.1 Å². The van der Waals surface area contributed by atoms with Crippen molar-refractivity contribution in [3.8, 4) is 0 Å². The average molecular weight is 439 g/mol. The lowest BCUT2D eigenvalue weighted by Crippen LogP contribution is -2.72. The van der Waals surface area contributed by atoms with E-state index in [2.05, 4.69) is 45.8 Å². The van der Waals surface area contributed by atoms with E-state index in [1.807, 2.05) is 13.8 Å². The Balaban J connectivity index is 1.98. The number of carbonyl (C=O) groups excluding carboxylic acids is 3. The zero-order valence-corrected chi connectivity index (χ0v) is 20.6. The normalized spacial score (nSPS) is 24.9. The molecule has 4 atom stereocenters. The molecule has 2 amide bonds. The topological polar surface area (TPSA) is 84.9 Å². The minimum atomic E-state index is -1.41. The molecule has 0 aromatic carbocycles. The molecule has 0 bridgehead atoms. The maximum atomic E-state index is 12.9. The quantitative estimate of drug-likeness (QED) is 0.340. The van der Waals surface area contributed by atoms with Crippen molar-refractivity contribution in [2.75, 3.05) is 19.7 Å². The highest BCUT2D eigenvalue weighted by molar-refractivity contribution is 6.48. The Kier molecular flexibility index (Phi) is 7.56. The summed E-state index contributed by atoms with van der Waals surface area (Å²) in [7, 11) is -1.41. The number of nitrogens with one attached hydrogen (secondary N) is 1. The third-order valence-electron chi connectivity index (χ3n) is 6.59. The van der Waals surface area contributed by atoms with Gasteiger partial charge in [0.2, 0.25) is 5.91 Å². The molecule has 2 rings (SSSR count). The van der Waals surface area contributed by atoms with Crippen LogP contribution in [0.3, 0.4) is 0 Å². The summed E-state index contributed by atoms with van der Waals surface area (Å²) in [5.74, 6) is -0.427. The summed E-state index contributed by atoms with van der Waals surface area (Å²) in [6.45, 7) is 19.2. The third kappa shape index (κ3) is 4.96. The SMILES string of the molecule is C=CCOC(=O)N1CC(CC(=O)C(C)[C@H]2NC(=O)[C@@H]2[C@@](C)(O[SiH](C)C)C(C)(C)C)C1. The second kappa shape index (κ2) is 9.22. The molecular weight excluding hydrogens is 400 g/mol. The van der Waals surface area contributed by atoms with E-state index in [4.69, 9.17) is 9.16 Å². The molecule has 0 aromatic rings. The Labute approximate surface area is 182 Å². The van der Waals surface area contributed by atoms with E-state index >= 15 is 0 Å². The van der Waals surface area contributed by atoms with E-state index in [1.165, 1.54) is 6.08 Å². The van der Waals surface area contributed by atoms with Gasteiger partial charge in [0, 0.05) is 31.3 Å². The van der Waals surface area contributed by atoms with Crippen LogP contribution in [0.1, 0.15) is 41.0 Å². The molecule has 2 fully saturated rings. The first-order valence-electron chi connectivity index (χ1n) is 10.8. The fraction of sp³-hybridized carbons (Fsp3) is 0.773. The van der Waals surface area contributed by atoms with Gasteiger partial charge in [-0.1, -0.05) is 40.3 Å². The van der Waals surface area contributed by atoms with E-state index in [9.17, 15) is 14.4 Å². The number of amides is 2. The maximum absolute atomic E-state index is 12.9. The predicted molar refractivity (Wildman–Crippen MR) is 119 cm³/mol. The fourth-order valence-electron chi connectivity index (χ4n) is 4.36. The second-order valence-corrected chi connectivity index (χ2v) is 12.5. The smallest absolute Gasteiger partial charge is 0.410 e. The highest BCUT2D eigenvalue weighted by atomic mass is 28.3. The number of nitrogens with zero attached hydrogens (tertiary/aromatic N) is 1. The van der Waals surface area contributed by atoms with E-state index in [-0.39, 0.29) is 53.6 Å². The number of hydrogen-bond acceptors (Lipinski definition) is 5. The molecule has 2 heterocycles. The van der Waals surface area contributed by atoms with Crippen molar-refractivity contribution in [2.24, 2.45) is 23.2 Å². The zero-order valence-electron chi connectivity index (χ0n) is 19.5. The van der Waals surface area contributed by atoms with E-state index in [0.717, 1.165) is 0 Å². The van der Waals surface area contributed by atoms with Gasteiger partial charge >= 0.3 is 6.09 Å². The summed E-state index contributed by atoms with van der Waals surface area (Å²) in [5, 5.41) is 2.97. The lowest BCUT2D eigenvalue weighted by Gasteiger charge is -2.55. The Morgan fingerprint density at radius 1 is 1.30 bits per heavy atom. The van der Waals surface area contributed by atoms with Crippen LogP contribution >= 0.6 is 0 Å². The molecule has 0 saturated carbocycles. The molecule has 8 heteroatoms. The van der Waals surface area contributed by atoms with Gasteiger partial charge in [-0.05, 0) is 25.4 Å². The molecule has 2 aliphatic heterocycles. The number of rotatable bonds is 9. The standard InChI is InChI=1S/C22H38N2O5Si/c1-9-10-28-20(27)24-12-15(13-24)11-16(25)14(2)18-17(19(26)23-18)22(6,21(3,4)5)29-30(7)8/h9,14-15,17-18,30H,1,10-13H2,2-8H3,(H,23,26)/t14?,17-,18-,22-/m1/s1. The number of likely N-dealkylation sites (tertiary alicyclic amines) is 1. The Morgan fingerprint density at radius 2 is 1.90 bits per heavy atom. The molecule has 2 saturated heterocycles. The third-order valence-corrected chi connectivity index (χ3v) is 7.55. The molecule has 0 aliphatic carbocycles. The van der Waals surface area contributed by atoms with Crippen LogP contribution in [-0.2, 0) is 18.8 Å². The summed E-state index contributed by atoms with van der Waals surface area (Å²) in [6, 6.07) is -0.226. The van der Waals surface area contributed by atoms with Crippen LogP contribution in [0.5, 0.6) is 0 Å².